The highest BCUT2D eigenvalue weighted by Gasteiger charge is 2.27. The Morgan fingerprint density at radius 3 is 2.43 bits per heavy atom. The minimum absolute atomic E-state index is 0.0840. The molecule has 1 heterocycles. The van der Waals surface area contributed by atoms with E-state index in [1.807, 2.05) is 0 Å². The van der Waals surface area contributed by atoms with Gasteiger partial charge in [-0.05, 0) is 30.3 Å². The van der Waals surface area contributed by atoms with Gasteiger partial charge in [0.05, 0.1) is 10.6 Å². The summed E-state index contributed by atoms with van der Waals surface area (Å²) in [7, 11) is 0. The number of benzene rings is 2. The second kappa shape index (κ2) is 6.24. The number of halogens is 3. The van der Waals surface area contributed by atoms with Gasteiger partial charge < -0.3 is 9.94 Å². The van der Waals surface area contributed by atoms with Gasteiger partial charge in [0.1, 0.15) is 11.5 Å². The number of phenols is 1. The molecule has 0 aromatic heterocycles. The molecule has 0 aliphatic carbocycles. The van der Waals surface area contributed by atoms with Crippen LogP contribution in [0.25, 0.3) is 6.08 Å². The van der Waals surface area contributed by atoms with Gasteiger partial charge in [0.25, 0.3) is 0 Å². The predicted octanol–water partition coefficient (Wildman–Crippen LogP) is 4.70. The van der Waals surface area contributed by atoms with Crippen LogP contribution in [0, 0.1) is 0 Å². The first kappa shape index (κ1) is 15.9. The standard InChI is InChI=1S/C16H8Cl3NO3/c17-10-3-1-8(2-4-10)14-12(16(22)23-20-14)6-9-5-11(18)7-13(19)15(9)21/h1-7,21H. The number of hydrogen-bond acceptors (Lipinski definition) is 4. The zero-order valence-corrected chi connectivity index (χ0v) is 13.7. The quantitative estimate of drug-likeness (QED) is 0.617. The summed E-state index contributed by atoms with van der Waals surface area (Å²) in [6.07, 6.45) is 1.43. The Kier molecular flexibility index (Phi) is 4.31. The van der Waals surface area contributed by atoms with E-state index in [1.165, 1.54) is 18.2 Å². The minimum atomic E-state index is -0.634. The third-order valence-corrected chi connectivity index (χ3v) is 3.93. The molecule has 0 amide bonds. The van der Waals surface area contributed by atoms with Gasteiger partial charge in [0.15, 0.2) is 0 Å². The average Bonchev–Trinajstić information content (AvgIpc) is 2.86. The second-order valence-electron chi connectivity index (χ2n) is 4.71. The normalized spacial score (nSPS) is 15.7. The van der Waals surface area contributed by atoms with Gasteiger partial charge in [-0.1, -0.05) is 52.1 Å². The minimum Gasteiger partial charge on any atom is -0.506 e. The summed E-state index contributed by atoms with van der Waals surface area (Å²) in [6, 6.07) is 9.66. The number of rotatable bonds is 2. The van der Waals surface area contributed by atoms with Crippen molar-refractivity contribution in [2.45, 2.75) is 0 Å². The molecule has 23 heavy (non-hydrogen) atoms. The lowest BCUT2D eigenvalue weighted by atomic mass is 10.0. The van der Waals surface area contributed by atoms with E-state index >= 15 is 0 Å². The fourth-order valence-corrected chi connectivity index (χ4v) is 2.71. The molecule has 2 aromatic carbocycles. The molecular weight excluding hydrogens is 361 g/mol. The molecule has 0 fully saturated rings. The van der Waals surface area contributed by atoms with E-state index in [4.69, 9.17) is 39.6 Å². The maximum absolute atomic E-state index is 11.9. The second-order valence-corrected chi connectivity index (χ2v) is 5.99. The lowest BCUT2D eigenvalue weighted by Gasteiger charge is -2.05. The molecule has 116 valence electrons. The molecule has 0 unspecified atom stereocenters. The highest BCUT2D eigenvalue weighted by Crippen LogP contribution is 2.33. The summed E-state index contributed by atoms with van der Waals surface area (Å²) in [6.45, 7) is 0. The first-order chi connectivity index (χ1) is 11.0. The van der Waals surface area contributed by atoms with Crippen molar-refractivity contribution in [1.29, 1.82) is 0 Å². The van der Waals surface area contributed by atoms with Crippen molar-refractivity contribution in [3.05, 3.63) is 68.2 Å². The van der Waals surface area contributed by atoms with Crippen molar-refractivity contribution in [3.8, 4) is 5.75 Å². The highest BCUT2D eigenvalue weighted by molar-refractivity contribution is 6.36. The van der Waals surface area contributed by atoms with Crippen molar-refractivity contribution >= 4 is 52.6 Å². The lowest BCUT2D eigenvalue weighted by molar-refractivity contribution is -0.136. The molecule has 1 N–H and O–H groups in total. The number of oxime groups is 1. The molecule has 0 spiro atoms. The number of nitrogens with zero attached hydrogens (tertiary/aromatic N) is 1. The van der Waals surface area contributed by atoms with Crippen molar-refractivity contribution in [2.75, 3.05) is 0 Å². The van der Waals surface area contributed by atoms with Gasteiger partial charge in [-0.15, -0.1) is 0 Å². The van der Waals surface area contributed by atoms with Crippen molar-refractivity contribution < 1.29 is 14.7 Å². The summed E-state index contributed by atoms with van der Waals surface area (Å²) in [4.78, 5) is 16.7. The fraction of sp³-hybridized carbons (Fsp3) is 0. The highest BCUT2D eigenvalue weighted by atomic mass is 35.5. The molecule has 0 bridgehead atoms. The summed E-state index contributed by atoms with van der Waals surface area (Å²) >= 11 is 17.7. The summed E-state index contributed by atoms with van der Waals surface area (Å²) < 4.78 is 0. The third kappa shape index (κ3) is 3.20. The zero-order valence-electron chi connectivity index (χ0n) is 11.4. The molecule has 0 saturated carbocycles. The van der Waals surface area contributed by atoms with Crippen LogP contribution in [-0.2, 0) is 9.63 Å². The van der Waals surface area contributed by atoms with E-state index in [-0.39, 0.29) is 21.9 Å². The van der Waals surface area contributed by atoms with Crippen LogP contribution in [0.3, 0.4) is 0 Å². The predicted molar refractivity (Wildman–Crippen MR) is 90.2 cm³/mol. The van der Waals surface area contributed by atoms with Gasteiger partial charge >= 0.3 is 5.97 Å². The molecule has 0 radical (unpaired) electrons. The Labute approximate surface area is 146 Å². The summed E-state index contributed by atoms with van der Waals surface area (Å²) in [5.74, 6) is -0.816. The van der Waals surface area contributed by atoms with Crippen LogP contribution in [0.4, 0.5) is 0 Å². The largest absolute Gasteiger partial charge is 0.506 e. The fourth-order valence-electron chi connectivity index (χ4n) is 2.08. The Balaban J connectivity index is 2.08. The number of carbonyl (C=O) groups is 1. The number of carbonyl (C=O) groups excluding carboxylic acids is 1. The van der Waals surface area contributed by atoms with Gasteiger partial charge in [-0.25, -0.2) is 4.79 Å². The van der Waals surface area contributed by atoms with Gasteiger partial charge in [0, 0.05) is 21.2 Å². The van der Waals surface area contributed by atoms with Gasteiger partial charge in [-0.2, -0.15) is 0 Å². The Hall–Kier alpha value is -2.01. The number of aromatic hydroxyl groups is 1. The average molecular weight is 369 g/mol. The van der Waals surface area contributed by atoms with Gasteiger partial charge in [-0.3, -0.25) is 0 Å². The number of hydrogen-bond donors (Lipinski definition) is 1. The van der Waals surface area contributed by atoms with E-state index in [0.717, 1.165) is 0 Å². The third-order valence-electron chi connectivity index (χ3n) is 3.17. The van der Waals surface area contributed by atoms with Crippen LogP contribution in [0.5, 0.6) is 5.75 Å². The van der Waals surface area contributed by atoms with Gasteiger partial charge in [0.2, 0.25) is 0 Å². The smallest absolute Gasteiger partial charge is 0.368 e. The van der Waals surface area contributed by atoms with Crippen LogP contribution in [0.15, 0.2) is 47.1 Å². The molecule has 3 rings (SSSR count). The van der Waals surface area contributed by atoms with E-state index in [2.05, 4.69) is 5.16 Å². The van der Waals surface area contributed by atoms with Crippen LogP contribution >= 0.6 is 34.8 Å². The Bertz CT molecular complexity index is 858. The molecule has 1 aliphatic rings. The van der Waals surface area contributed by atoms with Crippen LogP contribution in [0.1, 0.15) is 11.1 Å². The van der Waals surface area contributed by atoms with Crippen LogP contribution < -0.4 is 0 Å². The Morgan fingerprint density at radius 2 is 1.74 bits per heavy atom. The van der Waals surface area contributed by atoms with Crippen molar-refractivity contribution in [1.82, 2.24) is 0 Å². The zero-order chi connectivity index (χ0) is 16.6. The SMILES string of the molecule is O=C1ON=C(c2ccc(Cl)cc2)C1=Cc1cc(Cl)cc(Cl)c1O. The number of phenolic OH excluding ortho intramolecular Hbond substituents is 1. The van der Waals surface area contributed by atoms with Crippen molar-refractivity contribution in [2.24, 2.45) is 5.16 Å². The summed E-state index contributed by atoms with van der Waals surface area (Å²) in [5, 5.41) is 14.8. The maximum Gasteiger partial charge on any atom is 0.368 e. The molecule has 0 saturated heterocycles. The first-order valence-corrected chi connectivity index (χ1v) is 7.54. The van der Waals surface area contributed by atoms with E-state index in [0.29, 0.717) is 21.3 Å². The summed E-state index contributed by atoms with van der Waals surface area (Å²) in [5.41, 5.74) is 1.46. The van der Waals surface area contributed by atoms with Crippen LogP contribution in [0.2, 0.25) is 15.1 Å². The first-order valence-electron chi connectivity index (χ1n) is 6.41. The van der Waals surface area contributed by atoms with E-state index in [1.54, 1.807) is 24.3 Å². The maximum atomic E-state index is 11.9. The van der Waals surface area contributed by atoms with E-state index < -0.39 is 5.97 Å². The molecule has 2 aromatic rings. The van der Waals surface area contributed by atoms with E-state index in [9.17, 15) is 9.90 Å². The lowest BCUT2D eigenvalue weighted by Crippen LogP contribution is -2.06. The molecule has 4 nitrogen and oxygen atoms in total. The molecule has 7 heteroatoms. The van der Waals surface area contributed by atoms with Crippen molar-refractivity contribution in [3.63, 3.8) is 0 Å². The monoisotopic (exact) mass is 367 g/mol. The van der Waals surface area contributed by atoms with Crippen LogP contribution in [-0.4, -0.2) is 16.8 Å². The topological polar surface area (TPSA) is 58.9 Å². The Morgan fingerprint density at radius 1 is 1.04 bits per heavy atom. The molecule has 1 aliphatic heterocycles. The molecule has 0 atom stereocenters. The molecular formula is C16H8Cl3NO3.